The minimum Gasteiger partial charge on any atom is -0.519 e. The molecule has 0 aromatic carbocycles. The zero-order chi connectivity index (χ0) is 16.9. The normalized spacial score (nSPS) is 29.1. The van der Waals surface area contributed by atoms with Crippen molar-refractivity contribution in [3.05, 3.63) is 49.0 Å². The molecule has 0 radical (unpaired) electrons. The first-order valence-corrected chi connectivity index (χ1v) is 11.1. The van der Waals surface area contributed by atoms with Crippen LogP contribution in [0.5, 0.6) is 0 Å². The van der Waals surface area contributed by atoms with Crippen molar-refractivity contribution in [2.45, 2.75) is 64.3 Å². The quantitative estimate of drug-likeness (QED) is 0.250. The summed E-state index contributed by atoms with van der Waals surface area (Å²) in [6.07, 6.45) is 13.2. The molecule has 0 N–H and O–H groups in total. The molecule has 2 rings (SSSR count). The number of fused-ring (bicyclic) bond motifs is 1. The van der Waals surface area contributed by atoms with Gasteiger partial charge in [-0.15, -0.1) is 0 Å². The smallest absolute Gasteiger partial charge is 0.456 e. The molecule has 0 bridgehead atoms. The van der Waals surface area contributed by atoms with Crippen LogP contribution in [0.25, 0.3) is 0 Å². The topological polar surface area (TPSA) is 31.0 Å². The Hall–Kier alpha value is -1.26. The van der Waals surface area contributed by atoms with E-state index in [4.69, 9.17) is 13.6 Å². The fraction of sp³-hybridized carbons (Fsp3) is 0.579. The first-order chi connectivity index (χ1) is 10.9. The van der Waals surface area contributed by atoms with Crippen LogP contribution < -0.4 is 0 Å². The van der Waals surface area contributed by atoms with E-state index in [9.17, 15) is 0 Å². The van der Waals surface area contributed by atoms with Gasteiger partial charge < -0.3 is 13.6 Å². The maximum atomic E-state index is 6.01. The van der Waals surface area contributed by atoms with E-state index >= 15 is 0 Å². The van der Waals surface area contributed by atoms with Crippen LogP contribution in [0.1, 0.15) is 39.5 Å². The fourth-order valence-corrected chi connectivity index (χ4v) is 4.88. The molecule has 0 aromatic rings. The molecule has 0 aromatic heterocycles. The van der Waals surface area contributed by atoms with Crippen LogP contribution in [0.2, 0.25) is 12.6 Å². The summed E-state index contributed by atoms with van der Waals surface area (Å²) in [6, 6.07) is 0.982. The summed E-state index contributed by atoms with van der Waals surface area (Å²) in [5.74, 6) is 0.744. The third kappa shape index (κ3) is 6.40. The Bertz CT molecular complexity index is 469. The number of allylic oxidation sites excluding steroid dienone is 4. The third-order valence-electron chi connectivity index (χ3n) is 4.46. The third-order valence-corrected chi connectivity index (χ3v) is 6.93. The second-order valence-corrected chi connectivity index (χ2v) is 10.3. The first kappa shape index (κ1) is 18.1. The van der Waals surface area contributed by atoms with E-state index in [-0.39, 0.29) is 0 Å². The van der Waals surface area contributed by atoms with Gasteiger partial charge in [0.15, 0.2) is 0 Å². The molecule has 3 nitrogen and oxygen atoms in total. The minimum absolute atomic E-state index is 0.537. The van der Waals surface area contributed by atoms with Crippen LogP contribution in [0, 0.1) is 5.92 Å². The molecular formula is C19H30O3Si. The first-order valence-electron chi connectivity index (χ1n) is 8.53. The molecule has 2 aliphatic rings. The fourth-order valence-electron chi connectivity index (χ4n) is 2.95. The summed E-state index contributed by atoms with van der Waals surface area (Å²) < 4.78 is 17.7. The Morgan fingerprint density at radius 3 is 2.22 bits per heavy atom. The van der Waals surface area contributed by atoms with Gasteiger partial charge in [-0.2, -0.15) is 0 Å². The van der Waals surface area contributed by atoms with E-state index in [0.29, 0.717) is 12.2 Å². The molecule has 3 unspecified atom stereocenters. The predicted molar refractivity (Wildman–Crippen MR) is 97.1 cm³/mol. The number of hydrogen-bond acceptors (Lipinski definition) is 3. The molecule has 4 heteroatoms. The highest BCUT2D eigenvalue weighted by Crippen LogP contribution is 2.41. The van der Waals surface area contributed by atoms with E-state index in [2.05, 4.69) is 19.7 Å². The van der Waals surface area contributed by atoms with E-state index in [0.717, 1.165) is 29.5 Å². The van der Waals surface area contributed by atoms with Gasteiger partial charge in [0.2, 0.25) is 0 Å². The van der Waals surface area contributed by atoms with Crippen molar-refractivity contribution in [3.8, 4) is 0 Å². The average Bonchev–Trinajstić information content (AvgIpc) is 3.23. The van der Waals surface area contributed by atoms with Gasteiger partial charge in [-0.25, -0.2) is 0 Å². The molecule has 128 valence electrons. The monoisotopic (exact) mass is 334 g/mol. The van der Waals surface area contributed by atoms with Gasteiger partial charge in [0, 0.05) is 12.6 Å². The number of epoxide rings is 1. The van der Waals surface area contributed by atoms with Gasteiger partial charge in [0.25, 0.3) is 0 Å². The number of hydrogen-bond donors (Lipinski definition) is 0. The van der Waals surface area contributed by atoms with Gasteiger partial charge in [0.05, 0.1) is 24.7 Å². The largest absolute Gasteiger partial charge is 0.519 e. The van der Waals surface area contributed by atoms with Crippen molar-refractivity contribution in [2.24, 2.45) is 5.92 Å². The zero-order valence-electron chi connectivity index (χ0n) is 14.7. The maximum absolute atomic E-state index is 6.01. The highest BCUT2D eigenvalue weighted by molar-refractivity contribution is 6.66. The molecule has 1 aliphatic heterocycles. The van der Waals surface area contributed by atoms with Gasteiger partial charge in [0.1, 0.15) is 0 Å². The maximum Gasteiger partial charge on any atom is 0.456 e. The Balaban J connectivity index is 1.87. The SMILES string of the molecule is C=C(C)C=CO[Si](C)(CCC1CCC2OC2C1)OC=CC(=C)C. The van der Waals surface area contributed by atoms with Crippen molar-refractivity contribution in [3.63, 3.8) is 0 Å². The number of ether oxygens (including phenoxy) is 1. The summed E-state index contributed by atoms with van der Waals surface area (Å²) in [5, 5.41) is 0. The minimum atomic E-state index is -2.27. The van der Waals surface area contributed by atoms with Crippen LogP contribution in [0.3, 0.4) is 0 Å². The summed E-state index contributed by atoms with van der Waals surface area (Å²) in [6.45, 7) is 13.8. The molecule has 2 fully saturated rings. The highest BCUT2D eigenvalue weighted by atomic mass is 28.4. The highest BCUT2D eigenvalue weighted by Gasteiger charge is 2.44. The lowest BCUT2D eigenvalue weighted by atomic mass is 9.88. The van der Waals surface area contributed by atoms with Crippen LogP contribution in [0.15, 0.2) is 49.0 Å². The molecule has 1 saturated carbocycles. The van der Waals surface area contributed by atoms with Crippen molar-refractivity contribution in [1.29, 1.82) is 0 Å². The van der Waals surface area contributed by atoms with Gasteiger partial charge in [-0.05, 0) is 57.6 Å². The van der Waals surface area contributed by atoms with Gasteiger partial charge in [-0.3, -0.25) is 0 Å². The van der Waals surface area contributed by atoms with E-state index in [1.807, 2.05) is 26.0 Å². The Morgan fingerprint density at radius 2 is 1.70 bits per heavy atom. The molecule has 1 saturated heterocycles. The van der Waals surface area contributed by atoms with E-state index in [1.165, 1.54) is 19.3 Å². The Kier molecular flexibility index (Phi) is 6.30. The summed E-state index contributed by atoms with van der Waals surface area (Å²) in [5.41, 5.74) is 1.95. The lowest BCUT2D eigenvalue weighted by Gasteiger charge is -2.27. The molecule has 1 aliphatic carbocycles. The Labute approximate surface area is 142 Å². The number of rotatable bonds is 9. The zero-order valence-corrected chi connectivity index (χ0v) is 15.7. The molecule has 3 atom stereocenters. The van der Waals surface area contributed by atoms with Crippen molar-refractivity contribution in [1.82, 2.24) is 0 Å². The van der Waals surface area contributed by atoms with Crippen LogP contribution in [0.4, 0.5) is 0 Å². The molecular weight excluding hydrogens is 304 g/mol. The molecule has 0 spiro atoms. The second-order valence-electron chi connectivity index (χ2n) is 7.10. The molecule has 23 heavy (non-hydrogen) atoms. The predicted octanol–water partition coefficient (Wildman–Crippen LogP) is 5.23. The summed E-state index contributed by atoms with van der Waals surface area (Å²) in [7, 11) is -2.27. The standard InChI is InChI=1S/C19H30O3Si/c1-15(2)8-11-20-23(5,21-12-9-16(3)4)13-10-17-6-7-18-19(14-17)22-18/h8-9,11-12,17-19H,1,3,6-7,10,13-14H2,2,4-5H3. The van der Waals surface area contributed by atoms with Crippen LogP contribution >= 0.6 is 0 Å². The van der Waals surface area contributed by atoms with E-state index < -0.39 is 8.56 Å². The van der Waals surface area contributed by atoms with Crippen LogP contribution in [-0.4, -0.2) is 20.8 Å². The second kappa shape index (κ2) is 8.02. The molecule has 1 heterocycles. The van der Waals surface area contributed by atoms with Crippen molar-refractivity contribution >= 4 is 8.56 Å². The van der Waals surface area contributed by atoms with Crippen molar-refractivity contribution < 1.29 is 13.6 Å². The van der Waals surface area contributed by atoms with Crippen molar-refractivity contribution in [2.75, 3.05) is 0 Å². The summed E-state index contributed by atoms with van der Waals surface area (Å²) in [4.78, 5) is 0. The van der Waals surface area contributed by atoms with Gasteiger partial charge >= 0.3 is 8.56 Å². The average molecular weight is 335 g/mol. The summed E-state index contributed by atoms with van der Waals surface area (Å²) >= 11 is 0. The lowest BCUT2D eigenvalue weighted by molar-refractivity contribution is 0.295. The van der Waals surface area contributed by atoms with Crippen LogP contribution in [-0.2, 0) is 13.6 Å². The van der Waals surface area contributed by atoms with E-state index in [1.54, 1.807) is 12.5 Å². The molecule has 0 amide bonds. The van der Waals surface area contributed by atoms with Gasteiger partial charge in [-0.1, -0.05) is 24.3 Å². The lowest BCUT2D eigenvalue weighted by Crippen LogP contribution is -2.36. The Morgan fingerprint density at radius 1 is 1.09 bits per heavy atom.